The molecule has 0 unspecified atom stereocenters. The fraction of sp³-hybridized carbons (Fsp3) is 0.227. The van der Waals surface area contributed by atoms with Crippen LogP contribution in [0.15, 0.2) is 52.9 Å². The molecule has 1 aliphatic heterocycles. The molecule has 0 radical (unpaired) electrons. The van der Waals surface area contributed by atoms with Gasteiger partial charge in [0.25, 0.3) is 11.9 Å². The highest BCUT2D eigenvalue weighted by Gasteiger charge is 2.30. The van der Waals surface area contributed by atoms with E-state index in [0.717, 1.165) is 28.2 Å². The molecule has 30 heavy (non-hydrogen) atoms. The molecule has 0 saturated carbocycles. The largest absolute Gasteiger partial charge is 0.423 e. The molecule has 0 spiro atoms. The van der Waals surface area contributed by atoms with E-state index in [9.17, 15) is 4.79 Å². The van der Waals surface area contributed by atoms with Crippen molar-refractivity contribution in [3.05, 3.63) is 63.4 Å². The molecule has 1 saturated heterocycles. The minimum Gasteiger partial charge on any atom is -0.423 e. The zero-order valence-electron chi connectivity index (χ0n) is 16.3. The van der Waals surface area contributed by atoms with Gasteiger partial charge in [-0.2, -0.15) is 4.98 Å². The zero-order chi connectivity index (χ0) is 20.7. The number of fused-ring (bicyclic) bond motifs is 1. The van der Waals surface area contributed by atoms with E-state index < -0.39 is 0 Å². The third-order valence-electron chi connectivity index (χ3n) is 5.13. The van der Waals surface area contributed by atoms with Crippen LogP contribution in [0.25, 0.3) is 22.4 Å². The predicted molar refractivity (Wildman–Crippen MR) is 119 cm³/mol. The standard InChI is InChI=1S/C22H19ClN4O2S/c1-13-24-19(14-5-3-2-4-6-14)20(30-13)21(28)27-10-9-16(12-27)25-22-26-17-8-7-15(23)11-18(17)29-22/h2-8,11,16H,9-10,12H2,1H3,(H,25,26)/t16-/m1/s1. The van der Waals surface area contributed by atoms with Gasteiger partial charge in [-0.25, -0.2) is 4.98 Å². The first-order chi connectivity index (χ1) is 14.6. The van der Waals surface area contributed by atoms with Gasteiger partial charge in [-0.15, -0.1) is 11.3 Å². The van der Waals surface area contributed by atoms with E-state index in [2.05, 4.69) is 15.3 Å². The molecule has 1 aliphatic rings. The smallest absolute Gasteiger partial charge is 0.295 e. The van der Waals surface area contributed by atoms with Crippen LogP contribution in [0.5, 0.6) is 0 Å². The number of nitrogens with zero attached hydrogens (tertiary/aromatic N) is 3. The number of rotatable bonds is 4. The van der Waals surface area contributed by atoms with Gasteiger partial charge in [0.05, 0.1) is 10.7 Å². The van der Waals surface area contributed by atoms with Crippen LogP contribution in [-0.2, 0) is 0 Å². The van der Waals surface area contributed by atoms with Gasteiger partial charge in [-0.3, -0.25) is 4.79 Å². The Morgan fingerprint density at radius 3 is 2.90 bits per heavy atom. The number of thiazole rings is 1. The summed E-state index contributed by atoms with van der Waals surface area (Å²) in [6, 6.07) is 15.7. The van der Waals surface area contributed by atoms with Gasteiger partial charge in [0, 0.05) is 35.8 Å². The number of aryl methyl sites for hydroxylation is 1. The first kappa shape index (κ1) is 19.1. The van der Waals surface area contributed by atoms with Crippen molar-refractivity contribution in [2.24, 2.45) is 0 Å². The van der Waals surface area contributed by atoms with Crippen LogP contribution in [0.2, 0.25) is 5.02 Å². The van der Waals surface area contributed by atoms with Crippen molar-refractivity contribution in [2.75, 3.05) is 18.4 Å². The minimum atomic E-state index is 0.0214. The fourth-order valence-corrected chi connectivity index (χ4v) is 4.78. The molecule has 4 aromatic rings. The Balaban J connectivity index is 1.32. The lowest BCUT2D eigenvalue weighted by Gasteiger charge is -2.16. The Hall–Kier alpha value is -2.90. The van der Waals surface area contributed by atoms with Crippen molar-refractivity contribution >= 4 is 46.0 Å². The lowest BCUT2D eigenvalue weighted by Crippen LogP contribution is -2.31. The number of oxazole rings is 1. The maximum atomic E-state index is 13.2. The van der Waals surface area contributed by atoms with E-state index in [0.29, 0.717) is 34.6 Å². The summed E-state index contributed by atoms with van der Waals surface area (Å²) >= 11 is 7.46. The maximum Gasteiger partial charge on any atom is 0.295 e. The number of aromatic nitrogens is 2. The monoisotopic (exact) mass is 438 g/mol. The van der Waals surface area contributed by atoms with Crippen LogP contribution in [0, 0.1) is 6.92 Å². The molecule has 152 valence electrons. The zero-order valence-corrected chi connectivity index (χ0v) is 17.8. The molecule has 1 fully saturated rings. The normalized spacial score (nSPS) is 16.3. The minimum absolute atomic E-state index is 0.0214. The van der Waals surface area contributed by atoms with Gasteiger partial charge in [-0.05, 0) is 25.5 Å². The molecule has 2 aromatic carbocycles. The first-order valence-electron chi connectivity index (χ1n) is 9.71. The van der Waals surface area contributed by atoms with E-state index in [1.807, 2.05) is 48.2 Å². The highest BCUT2D eigenvalue weighted by Crippen LogP contribution is 2.30. The number of likely N-dealkylation sites (tertiary alicyclic amines) is 1. The quantitative estimate of drug-likeness (QED) is 0.471. The molecular formula is C22H19ClN4O2S. The fourth-order valence-electron chi connectivity index (χ4n) is 3.70. The van der Waals surface area contributed by atoms with Gasteiger partial charge in [-0.1, -0.05) is 41.9 Å². The summed E-state index contributed by atoms with van der Waals surface area (Å²) in [6.45, 7) is 3.19. The molecule has 6 nitrogen and oxygen atoms in total. The third-order valence-corrected chi connectivity index (χ3v) is 6.32. The second-order valence-electron chi connectivity index (χ2n) is 7.29. The number of hydrogen-bond donors (Lipinski definition) is 1. The van der Waals surface area contributed by atoms with Crippen molar-refractivity contribution in [1.29, 1.82) is 0 Å². The van der Waals surface area contributed by atoms with Crippen molar-refractivity contribution in [1.82, 2.24) is 14.9 Å². The van der Waals surface area contributed by atoms with Crippen LogP contribution in [-0.4, -0.2) is 39.9 Å². The molecule has 1 atom stereocenters. The Morgan fingerprint density at radius 1 is 1.23 bits per heavy atom. The molecule has 5 rings (SSSR count). The van der Waals surface area contributed by atoms with Gasteiger partial charge in [0.1, 0.15) is 10.4 Å². The summed E-state index contributed by atoms with van der Waals surface area (Å²) in [5.41, 5.74) is 3.11. The summed E-state index contributed by atoms with van der Waals surface area (Å²) in [4.78, 5) is 24.9. The number of amides is 1. The molecule has 1 N–H and O–H groups in total. The third kappa shape index (κ3) is 3.66. The average Bonchev–Trinajstić information content (AvgIpc) is 3.46. The van der Waals surface area contributed by atoms with Gasteiger partial charge < -0.3 is 14.6 Å². The molecule has 8 heteroatoms. The Bertz CT molecular complexity index is 1220. The molecule has 2 aromatic heterocycles. The number of carbonyl (C=O) groups excluding carboxylic acids is 1. The SMILES string of the molecule is Cc1nc(-c2ccccc2)c(C(=O)N2CC[C@@H](Nc3nc4ccc(Cl)cc4o3)C2)s1. The molecular weight excluding hydrogens is 420 g/mol. The van der Waals surface area contributed by atoms with E-state index in [1.165, 1.54) is 11.3 Å². The lowest BCUT2D eigenvalue weighted by molar-refractivity contribution is 0.0796. The molecule has 3 heterocycles. The molecule has 0 bridgehead atoms. The van der Waals surface area contributed by atoms with Crippen LogP contribution in [0.1, 0.15) is 21.1 Å². The number of hydrogen-bond acceptors (Lipinski definition) is 6. The van der Waals surface area contributed by atoms with Crippen LogP contribution < -0.4 is 5.32 Å². The predicted octanol–water partition coefficient (Wildman–Crippen LogP) is 5.24. The Labute approximate surface area is 182 Å². The van der Waals surface area contributed by atoms with E-state index >= 15 is 0 Å². The summed E-state index contributed by atoms with van der Waals surface area (Å²) in [7, 11) is 0. The summed E-state index contributed by atoms with van der Waals surface area (Å²) < 4.78 is 5.75. The Morgan fingerprint density at radius 2 is 2.07 bits per heavy atom. The van der Waals surface area contributed by atoms with Crippen LogP contribution >= 0.6 is 22.9 Å². The van der Waals surface area contributed by atoms with Gasteiger partial charge in [0.15, 0.2) is 5.58 Å². The molecule has 0 aliphatic carbocycles. The first-order valence-corrected chi connectivity index (χ1v) is 10.9. The van der Waals surface area contributed by atoms with Crippen molar-refractivity contribution in [3.63, 3.8) is 0 Å². The number of anilines is 1. The van der Waals surface area contributed by atoms with Crippen molar-refractivity contribution < 1.29 is 9.21 Å². The highest BCUT2D eigenvalue weighted by atomic mass is 35.5. The number of halogens is 1. The summed E-state index contributed by atoms with van der Waals surface area (Å²) in [5.74, 6) is 0.0214. The average molecular weight is 439 g/mol. The van der Waals surface area contributed by atoms with Crippen LogP contribution in [0.4, 0.5) is 6.01 Å². The lowest BCUT2D eigenvalue weighted by atomic mass is 10.1. The van der Waals surface area contributed by atoms with E-state index in [4.69, 9.17) is 16.0 Å². The number of carbonyl (C=O) groups is 1. The Kier molecular flexibility index (Phi) is 4.92. The van der Waals surface area contributed by atoms with E-state index in [-0.39, 0.29) is 11.9 Å². The van der Waals surface area contributed by atoms with E-state index in [1.54, 1.807) is 12.1 Å². The second kappa shape index (κ2) is 7.74. The highest BCUT2D eigenvalue weighted by molar-refractivity contribution is 7.14. The number of benzene rings is 2. The summed E-state index contributed by atoms with van der Waals surface area (Å²) in [6.07, 6.45) is 0.823. The van der Waals surface area contributed by atoms with Crippen LogP contribution in [0.3, 0.4) is 0 Å². The topological polar surface area (TPSA) is 71.3 Å². The van der Waals surface area contributed by atoms with Crippen molar-refractivity contribution in [2.45, 2.75) is 19.4 Å². The maximum absolute atomic E-state index is 13.2. The van der Waals surface area contributed by atoms with Gasteiger partial charge >= 0.3 is 0 Å². The second-order valence-corrected chi connectivity index (χ2v) is 8.93. The summed E-state index contributed by atoms with van der Waals surface area (Å²) in [5, 5.41) is 4.80. The van der Waals surface area contributed by atoms with Crippen molar-refractivity contribution in [3.8, 4) is 11.3 Å². The number of nitrogens with one attached hydrogen (secondary N) is 1. The molecule has 1 amide bonds. The van der Waals surface area contributed by atoms with Gasteiger partial charge in [0.2, 0.25) is 0 Å².